The lowest BCUT2D eigenvalue weighted by Gasteiger charge is -2.06. The average Bonchev–Trinajstić information content (AvgIpc) is 2.39. The van der Waals surface area contributed by atoms with Crippen molar-refractivity contribution in [3.8, 4) is 11.4 Å². The minimum Gasteiger partial charge on any atom is -0.477 e. The smallest absolute Gasteiger partial charge is 0.354 e. The summed E-state index contributed by atoms with van der Waals surface area (Å²) in [4.78, 5) is 18.9. The molecule has 0 spiro atoms. The summed E-state index contributed by atoms with van der Waals surface area (Å²) in [5.41, 5.74) is 2.06. The number of rotatable bonds is 3. The maximum atomic E-state index is 10.8. The molecule has 0 amide bonds. The van der Waals surface area contributed by atoms with Gasteiger partial charge in [-0.25, -0.2) is 14.8 Å². The van der Waals surface area contributed by atoms with Gasteiger partial charge in [-0.3, -0.25) is 0 Å². The fourth-order valence-electron chi connectivity index (χ4n) is 1.63. The first-order valence-corrected chi connectivity index (χ1v) is 5.74. The van der Waals surface area contributed by atoms with Crippen LogP contribution in [0.4, 0.5) is 0 Å². The van der Waals surface area contributed by atoms with E-state index in [4.69, 9.17) is 5.11 Å². The highest BCUT2D eigenvalue weighted by molar-refractivity contribution is 5.85. The Morgan fingerprint density at radius 3 is 2.39 bits per heavy atom. The predicted molar refractivity (Wildman–Crippen MR) is 68.5 cm³/mol. The van der Waals surface area contributed by atoms with Gasteiger partial charge in [0.05, 0.1) is 0 Å². The summed E-state index contributed by atoms with van der Waals surface area (Å²) in [7, 11) is 0. The second-order valence-electron chi connectivity index (χ2n) is 4.35. The third kappa shape index (κ3) is 2.53. The highest BCUT2D eigenvalue weighted by atomic mass is 16.4. The maximum Gasteiger partial charge on any atom is 0.354 e. The predicted octanol–water partition coefficient (Wildman–Crippen LogP) is 2.97. The van der Waals surface area contributed by atoms with Crippen LogP contribution in [0.1, 0.15) is 35.8 Å². The van der Waals surface area contributed by atoms with Gasteiger partial charge in [-0.05, 0) is 17.5 Å². The van der Waals surface area contributed by atoms with E-state index < -0.39 is 5.97 Å². The molecule has 0 fully saturated rings. The highest BCUT2D eigenvalue weighted by Gasteiger charge is 2.08. The van der Waals surface area contributed by atoms with Crippen molar-refractivity contribution in [1.82, 2.24) is 9.97 Å². The standard InChI is InChI=1S/C14H14N2O2/c1-9(2)10-3-5-11(6-4-10)13-15-8-7-12(16-13)14(17)18/h3-9H,1-2H3,(H,17,18). The Morgan fingerprint density at radius 1 is 1.17 bits per heavy atom. The average molecular weight is 242 g/mol. The number of aromatic nitrogens is 2. The molecule has 0 saturated carbocycles. The number of carboxylic acid groups (broad SMARTS) is 1. The molecule has 4 heteroatoms. The Hall–Kier alpha value is -2.23. The van der Waals surface area contributed by atoms with Crippen LogP contribution in [0.15, 0.2) is 36.5 Å². The van der Waals surface area contributed by atoms with E-state index in [1.54, 1.807) is 0 Å². The number of aromatic carboxylic acids is 1. The van der Waals surface area contributed by atoms with Gasteiger partial charge >= 0.3 is 5.97 Å². The molecule has 1 aromatic carbocycles. The van der Waals surface area contributed by atoms with Gasteiger partial charge in [0, 0.05) is 11.8 Å². The van der Waals surface area contributed by atoms with E-state index in [2.05, 4.69) is 23.8 Å². The van der Waals surface area contributed by atoms with Crippen molar-refractivity contribution in [2.75, 3.05) is 0 Å². The molecule has 0 atom stereocenters. The van der Waals surface area contributed by atoms with Crippen LogP contribution in [-0.4, -0.2) is 21.0 Å². The van der Waals surface area contributed by atoms with Crippen LogP contribution in [0.25, 0.3) is 11.4 Å². The molecule has 0 unspecified atom stereocenters. The molecule has 92 valence electrons. The fraction of sp³-hybridized carbons (Fsp3) is 0.214. The van der Waals surface area contributed by atoms with Gasteiger partial charge in [0.1, 0.15) is 0 Å². The number of carbonyl (C=O) groups is 1. The monoisotopic (exact) mass is 242 g/mol. The lowest BCUT2D eigenvalue weighted by Crippen LogP contribution is -2.02. The van der Waals surface area contributed by atoms with E-state index >= 15 is 0 Å². The zero-order valence-corrected chi connectivity index (χ0v) is 10.3. The summed E-state index contributed by atoms with van der Waals surface area (Å²) in [6.45, 7) is 4.24. The van der Waals surface area contributed by atoms with Gasteiger partial charge in [-0.2, -0.15) is 0 Å². The van der Waals surface area contributed by atoms with Crippen molar-refractivity contribution in [1.29, 1.82) is 0 Å². The summed E-state index contributed by atoms with van der Waals surface area (Å²) in [5.74, 6) is -0.145. The van der Waals surface area contributed by atoms with Crippen LogP contribution < -0.4 is 0 Å². The first-order chi connectivity index (χ1) is 8.58. The van der Waals surface area contributed by atoms with Crippen LogP contribution >= 0.6 is 0 Å². The summed E-state index contributed by atoms with van der Waals surface area (Å²) in [5, 5.41) is 8.88. The molecular formula is C14H14N2O2. The highest BCUT2D eigenvalue weighted by Crippen LogP contribution is 2.19. The Morgan fingerprint density at radius 2 is 1.83 bits per heavy atom. The fourth-order valence-corrected chi connectivity index (χ4v) is 1.63. The lowest BCUT2D eigenvalue weighted by molar-refractivity contribution is 0.0690. The zero-order chi connectivity index (χ0) is 13.1. The summed E-state index contributed by atoms with van der Waals surface area (Å²) >= 11 is 0. The van der Waals surface area contributed by atoms with Gasteiger partial charge in [0.2, 0.25) is 0 Å². The van der Waals surface area contributed by atoms with E-state index in [0.717, 1.165) is 5.56 Å². The largest absolute Gasteiger partial charge is 0.477 e. The van der Waals surface area contributed by atoms with Gasteiger partial charge in [-0.15, -0.1) is 0 Å². The Kier molecular flexibility index (Phi) is 3.37. The van der Waals surface area contributed by atoms with Crippen molar-refractivity contribution in [2.24, 2.45) is 0 Å². The van der Waals surface area contributed by atoms with E-state index in [0.29, 0.717) is 11.7 Å². The maximum absolute atomic E-state index is 10.8. The van der Waals surface area contributed by atoms with Crippen molar-refractivity contribution in [3.63, 3.8) is 0 Å². The summed E-state index contributed by atoms with van der Waals surface area (Å²) in [6, 6.07) is 9.23. The van der Waals surface area contributed by atoms with Gasteiger partial charge in [0.15, 0.2) is 11.5 Å². The van der Waals surface area contributed by atoms with Crippen LogP contribution in [0.3, 0.4) is 0 Å². The minimum atomic E-state index is -1.04. The third-order valence-corrected chi connectivity index (χ3v) is 2.71. The van der Waals surface area contributed by atoms with Gasteiger partial charge in [0.25, 0.3) is 0 Å². The zero-order valence-electron chi connectivity index (χ0n) is 10.3. The van der Waals surface area contributed by atoms with Crippen molar-refractivity contribution in [3.05, 3.63) is 47.8 Å². The topological polar surface area (TPSA) is 63.1 Å². The normalized spacial score (nSPS) is 10.6. The molecule has 0 bridgehead atoms. The molecule has 18 heavy (non-hydrogen) atoms. The molecule has 2 aromatic rings. The Balaban J connectivity index is 2.36. The van der Waals surface area contributed by atoms with E-state index in [-0.39, 0.29) is 5.69 Å². The van der Waals surface area contributed by atoms with Crippen LogP contribution in [0, 0.1) is 0 Å². The second-order valence-corrected chi connectivity index (χ2v) is 4.35. The van der Waals surface area contributed by atoms with E-state index in [1.165, 1.54) is 17.8 Å². The molecule has 0 saturated heterocycles. The Bertz CT molecular complexity index is 562. The first kappa shape index (κ1) is 12.2. The molecule has 1 N–H and O–H groups in total. The van der Waals surface area contributed by atoms with Gasteiger partial charge < -0.3 is 5.11 Å². The minimum absolute atomic E-state index is 0.00735. The number of benzene rings is 1. The molecule has 0 radical (unpaired) electrons. The number of nitrogens with zero attached hydrogens (tertiary/aromatic N) is 2. The molecule has 1 aromatic heterocycles. The number of hydrogen-bond acceptors (Lipinski definition) is 3. The molecule has 1 heterocycles. The summed E-state index contributed by atoms with van der Waals surface area (Å²) in [6.07, 6.45) is 1.46. The van der Waals surface area contributed by atoms with E-state index in [9.17, 15) is 4.79 Å². The molecule has 0 aliphatic heterocycles. The van der Waals surface area contributed by atoms with Crippen molar-refractivity contribution in [2.45, 2.75) is 19.8 Å². The summed E-state index contributed by atoms with van der Waals surface area (Å²) < 4.78 is 0. The van der Waals surface area contributed by atoms with E-state index in [1.807, 2.05) is 24.3 Å². The quantitative estimate of drug-likeness (QED) is 0.898. The third-order valence-electron chi connectivity index (χ3n) is 2.71. The van der Waals surface area contributed by atoms with Gasteiger partial charge in [-0.1, -0.05) is 38.1 Å². The molecule has 0 aliphatic rings. The molecule has 4 nitrogen and oxygen atoms in total. The first-order valence-electron chi connectivity index (χ1n) is 5.74. The second kappa shape index (κ2) is 4.96. The molecule has 0 aliphatic carbocycles. The Labute approximate surface area is 105 Å². The number of carboxylic acids is 1. The lowest BCUT2D eigenvalue weighted by atomic mass is 10.0. The van der Waals surface area contributed by atoms with Crippen LogP contribution in [0.5, 0.6) is 0 Å². The van der Waals surface area contributed by atoms with Crippen molar-refractivity contribution < 1.29 is 9.90 Å². The van der Waals surface area contributed by atoms with Crippen LogP contribution in [-0.2, 0) is 0 Å². The molecule has 2 rings (SSSR count). The van der Waals surface area contributed by atoms with Crippen LogP contribution in [0.2, 0.25) is 0 Å². The SMILES string of the molecule is CC(C)c1ccc(-c2nccc(C(=O)O)n2)cc1. The van der Waals surface area contributed by atoms with Crippen molar-refractivity contribution >= 4 is 5.97 Å². The molecular weight excluding hydrogens is 228 g/mol. The number of hydrogen-bond donors (Lipinski definition) is 1.